The van der Waals surface area contributed by atoms with E-state index in [1.165, 1.54) is 31.4 Å². The van der Waals surface area contributed by atoms with E-state index in [-0.39, 0.29) is 29.0 Å². The van der Waals surface area contributed by atoms with Crippen LogP contribution >= 0.6 is 15.9 Å². The molecule has 0 radical (unpaired) electrons. The smallest absolute Gasteiger partial charge is 0.262 e. The molecule has 9 heteroatoms. The van der Waals surface area contributed by atoms with Gasteiger partial charge in [0.25, 0.3) is 5.91 Å². The van der Waals surface area contributed by atoms with E-state index in [2.05, 4.69) is 21.2 Å². The molecule has 1 N–H and O–H groups in total. The Morgan fingerprint density at radius 2 is 1.54 bits per heavy atom. The van der Waals surface area contributed by atoms with Crippen LogP contribution in [0.4, 0.5) is 10.1 Å². The molecule has 0 spiro atoms. The molecule has 7 nitrogen and oxygen atoms in total. The number of carbonyl (C=O) groups excluding carboxylic acids is 3. The molecular weight excluding hydrogens is 593 g/mol. The van der Waals surface area contributed by atoms with Gasteiger partial charge in [-0.05, 0) is 68.7 Å². The number of rotatable bonds is 6. The zero-order chi connectivity index (χ0) is 29.7. The highest BCUT2D eigenvalue weighted by molar-refractivity contribution is 9.10. The number of ketones is 2. The first-order valence-corrected chi connectivity index (χ1v) is 14.3. The maximum absolute atomic E-state index is 13.6. The number of methoxy groups -OCH3 is 1. The Hall–Kier alpha value is -3.46. The Labute approximate surface area is 247 Å². The van der Waals surface area contributed by atoms with Crippen LogP contribution in [0.2, 0.25) is 0 Å². The molecular formula is C32H33BrFNO6. The summed E-state index contributed by atoms with van der Waals surface area (Å²) in [4.78, 5) is 39.7. The molecule has 216 valence electrons. The van der Waals surface area contributed by atoms with Crippen molar-refractivity contribution in [1.29, 1.82) is 0 Å². The van der Waals surface area contributed by atoms with E-state index in [1.807, 2.05) is 27.7 Å². The third kappa shape index (κ3) is 5.96. The molecule has 2 aromatic rings. The summed E-state index contributed by atoms with van der Waals surface area (Å²) < 4.78 is 31.5. The van der Waals surface area contributed by atoms with Crippen molar-refractivity contribution in [2.75, 3.05) is 19.0 Å². The van der Waals surface area contributed by atoms with Crippen molar-refractivity contribution in [1.82, 2.24) is 0 Å². The summed E-state index contributed by atoms with van der Waals surface area (Å²) in [6.45, 7) is 7.86. The van der Waals surface area contributed by atoms with E-state index in [1.54, 1.807) is 12.1 Å². The standard InChI is InChI=1S/C32H33BrFNO6/c1-31(2)12-21(36)28-24(14-31)41-25-15-32(3,4)13-22(37)29(25)27(28)17-10-20(33)30(23(11-17)39-5)40-16-26(38)35-19-8-6-18(34)7-9-19/h6-11,27H,12-16H2,1-5H3,(H,35,38). The molecule has 0 unspecified atom stereocenters. The molecule has 1 aliphatic heterocycles. The molecule has 0 fully saturated rings. The van der Waals surface area contributed by atoms with Crippen molar-refractivity contribution >= 4 is 39.1 Å². The zero-order valence-corrected chi connectivity index (χ0v) is 25.4. The first kappa shape index (κ1) is 29.0. The second kappa shape index (κ2) is 10.7. The van der Waals surface area contributed by atoms with Gasteiger partial charge in [0.15, 0.2) is 29.7 Å². The highest BCUT2D eigenvalue weighted by atomic mass is 79.9. The molecule has 2 aromatic carbocycles. The van der Waals surface area contributed by atoms with Gasteiger partial charge >= 0.3 is 0 Å². The minimum absolute atomic E-state index is 0.0293. The van der Waals surface area contributed by atoms with Gasteiger partial charge in [0.1, 0.15) is 17.3 Å². The van der Waals surface area contributed by atoms with Crippen molar-refractivity contribution in [2.45, 2.75) is 59.3 Å². The lowest BCUT2D eigenvalue weighted by molar-refractivity contribution is -0.120. The number of benzene rings is 2. The number of amides is 1. The van der Waals surface area contributed by atoms with Gasteiger partial charge in [-0.25, -0.2) is 4.39 Å². The van der Waals surface area contributed by atoms with E-state index in [0.717, 1.165) is 0 Å². The Balaban J connectivity index is 1.50. The normalized spacial score (nSPS) is 19.8. The number of nitrogens with one attached hydrogen (secondary N) is 1. The van der Waals surface area contributed by atoms with Crippen LogP contribution in [-0.2, 0) is 19.1 Å². The molecule has 2 aliphatic carbocycles. The molecule has 41 heavy (non-hydrogen) atoms. The van der Waals surface area contributed by atoms with E-state index in [0.29, 0.717) is 75.6 Å². The molecule has 0 bridgehead atoms. The van der Waals surface area contributed by atoms with Crippen LogP contribution in [-0.4, -0.2) is 31.2 Å². The Kier molecular flexibility index (Phi) is 7.61. The van der Waals surface area contributed by atoms with Crippen molar-refractivity contribution in [3.05, 3.63) is 74.9 Å². The van der Waals surface area contributed by atoms with Crippen molar-refractivity contribution in [3.63, 3.8) is 0 Å². The van der Waals surface area contributed by atoms with Gasteiger partial charge in [0, 0.05) is 48.4 Å². The number of anilines is 1. The summed E-state index contributed by atoms with van der Waals surface area (Å²) >= 11 is 3.56. The second-order valence-electron chi connectivity index (χ2n) is 12.5. The maximum Gasteiger partial charge on any atom is 0.262 e. The van der Waals surface area contributed by atoms with Crippen molar-refractivity contribution in [2.24, 2.45) is 10.8 Å². The van der Waals surface area contributed by atoms with Crippen LogP contribution in [0.15, 0.2) is 63.5 Å². The minimum Gasteiger partial charge on any atom is -0.493 e. The van der Waals surface area contributed by atoms with Crippen LogP contribution in [0, 0.1) is 16.6 Å². The second-order valence-corrected chi connectivity index (χ2v) is 13.3. The molecule has 1 amide bonds. The first-order valence-electron chi connectivity index (χ1n) is 13.5. The molecule has 0 atom stereocenters. The van der Waals surface area contributed by atoms with Crippen LogP contribution in [0.1, 0.15) is 64.9 Å². The summed E-state index contributed by atoms with van der Waals surface area (Å²) in [6.07, 6.45) is 1.91. The number of hydrogen-bond acceptors (Lipinski definition) is 6. The van der Waals surface area contributed by atoms with E-state index in [4.69, 9.17) is 14.2 Å². The molecule has 0 saturated heterocycles. The predicted octanol–water partition coefficient (Wildman–Crippen LogP) is 7.01. The summed E-state index contributed by atoms with van der Waals surface area (Å²) in [7, 11) is 1.49. The van der Waals surface area contributed by atoms with Gasteiger partial charge in [-0.1, -0.05) is 27.7 Å². The minimum atomic E-state index is -0.595. The Morgan fingerprint density at radius 1 is 0.976 bits per heavy atom. The topological polar surface area (TPSA) is 90.9 Å². The average Bonchev–Trinajstić information content (AvgIpc) is 2.86. The highest BCUT2D eigenvalue weighted by Gasteiger charge is 2.48. The van der Waals surface area contributed by atoms with E-state index in [9.17, 15) is 18.8 Å². The third-order valence-electron chi connectivity index (χ3n) is 7.64. The highest BCUT2D eigenvalue weighted by Crippen LogP contribution is 2.54. The number of ether oxygens (including phenoxy) is 3. The fourth-order valence-electron chi connectivity index (χ4n) is 5.92. The number of hydrogen-bond donors (Lipinski definition) is 1. The number of allylic oxidation sites excluding steroid dienone is 4. The first-order chi connectivity index (χ1) is 19.3. The molecule has 0 saturated carbocycles. The largest absolute Gasteiger partial charge is 0.493 e. The lowest BCUT2D eigenvalue weighted by Crippen LogP contribution is -2.37. The fraction of sp³-hybridized carbons (Fsp3) is 0.406. The van der Waals surface area contributed by atoms with Gasteiger partial charge in [-0.3, -0.25) is 14.4 Å². The molecule has 1 heterocycles. The summed E-state index contributed by atoms with van der Waals surface area (Å²) in [6, 6.07) is 8.98. The van der Waals surface area contributed by atoms with Gasteiger partial charge in [0.05, 0.1) is 11.6 Å². The number of halogens is 2. The summed E-state index contributed by atoms with van der Waals surface area (Å²) in [5, 5.41) is 2.66. The third-order valence-corrected chi connectivity index (χ3v) is 8.23. The molecule has 3 aliphatic rings. The Bertz CT molecular complexity index is 1450. The number of carbonyl (C=O) groups is 3. The monoisotopic (exact) mass is 625 g/mol. The van der Waals surface area contributed by atoms with E-state index >= 15 is 0 Å². The van der Waals surface area contributed by atoms with Gasteiger partial charge in [-0.15, -0.1) is 0 Å². The quantitative estimate of drug-likeness (QED) is 0.371. The zero-order valence-electron chi connectivity index (χ0n) is 23.8. The number of Topliss-reactive ketones (excluding diaryl/α,β-unsaturated/α-hetero) is 2. The SMILES string of the molecule is COc1cc(C2C3=C(CC(C)(C)CC3=O)OC3=C2C(=O)CC(C)(C)C3)cc(Br)c1OCC(=O)Nc1ccc(F)cc1. The average molecular weight is 627 g/mol. The summed E-state index contributed by atoms with van der Waals surface area (Å²) in [5.74, 6) is 0.413. The summed E-state index contributed by atoms with van der Waals surface area (Å²) in [5.41, 5.74) is 1.68. The Morgan fingerprint density at radius 3 is 2.07 bits per heavy atom. The lowest BCUT2D eigenvalue weighted by Gasteiger charge is -2.42. The van der Waals surface area contributed by atoms with Gasteiger partial charge in [-0.2, -0.15) is 0 Å². The van der Waals surface area contributed by atoms with Gasteiger partial charge < -0.3 is 19.5 Å². The van der Waals surface area contributed by atoms with Crippen LogP contribution in [0.5, 0.6) is 11.5 Å². The lowest BCUT2D eigenvalue weighted by atomic mass is 9.65. The maximum atomic E-state index is 13.6. The van der Waals surface area contributed by atoms with Crippen LogP contribution in [0.25, 0.3) is 0 Å². The predicted molar refractivity (Wildman–Crippen MR) is 155 cm³/mol. The van der Waals surface area contributed by atoms with Gasteiger partial charge in [0.2, 0.25) is 0 Å². The van der Waals surface area contributed by atoms with Crippen molar-refractivity contribution < 1.29 is 33.0 Å². The van der Waals surface area contributed by atoms with Crippen molar-refractivity contribution in [3.8, 4) is 11.5 Å². The van der Waals surface area contributed by atoms with Crippen LogP contribution in [0.3, 0.4) is 0 Å². The molecule has 5 rings (SSSR count). The molecule has 0 aromatic heterocycles. The van der Waals surface area contributed by atoms with Crippen LogP contribution < -0.4 is 14.8 Å². The fourth-order valence-corrected chi connectivity index (χ4v) is 6.50. The van der Waals surface area contributed by atoms with E-state index < -0.39 is 17.6 Å².